The number of carbonyl (C=O) groups is 2. The number of quaternary nitrogens is 1. The van der Waals surface area contributed by atoms with E-state index in [2.05, 4.69) is 10.6 Å². The van der Waals surface area contributed by atoms with Gasteiger partial charge in [-0.05, 0) is 24.3 Å². The third kappa shape index (κ3) is 7.83. The highest BCUT2D eigenvalue weighted by Gasteiger charge is 2.21. The molecule has 2 N–H and O–H groups in total. The van der Waals surface area contributed by atoms with E-state index in [9.17, 15) is 9.59 Å². The van der Waals surface area contributed by atoms with Crippen molar-refractivity contribution in [1.82, 2.24) is 0 Å². The van der Waals surface area contributed by atoms with Gasteiger partial charge in [0.15, 0.2) is 6.54 Å². The fraction of sp³-hybridized carbons (Fsp3) is 0.263. The van der Waals surface area contributed by atoms with Crippen LogP contribution in [-0.4, -0.2) is 43.5 Å². The number of carbonyl (C=O) groups excluding carboxylic acids is 2. The highest BCUT2D eigenvalue weighted by atomic mass is 35.5. The Kier molecular flexibility index (Phi) is 8.11. The van der Waals surface area contributed by atoms with Crippen LogP contribution in [0.5, 0.6) is 0 Å². The molecule has 5 nitrogen and oxygen atoms in total. The lowest BCUT2D eigenvalue weighted by molar-refractivity contribution is -0.881. The van der Waals surface area contributed by atoms with E-state index >= 15 is 0 Å². The maximum atomic E-state index is 12.1. The second-order valence-electron chi connectivity index (χ2n) is 6.40. The van der Waals surface area contributed by atoms with E-state index in [0.29, 0.717) is 24.0 Å². The highest BCUT2D eigenvalue weighted by Crippen LogP contribution is 2.08. The first-order valence-electron chi connectivity index (χ1n) is 7.96. The molecule has 0 bridgehead atoms. The molecule has 0 heterocycles. The Bertz CT molecular complexity index is 676. The Balaban J connectivity index is 0.00000312. The summed E-state index contributed by atoms with van der Waals surface area (Å²) in [6, 6.07) is 18.7. The molecule has 0 aliphatic heterocycles. The van der Waals surface area contributed by atoms with Gasteiger partial charge in [-0.1, -0.05) is 36.4 Å². The molecule has 0 aromatic heterocycles. The van der Waals surface area contributed by atoms with Gasteiger partial charge < -0.3 is 27.5 Å². The molecule has 0 aliphatic carbocycles. The molecular formula is C19H24ClN3O2. The number of nitrogens with zero attached hydrogens (tertiary/aromatic N) is 1. The molecular weight excluding hydrogens is 338 g/mol. The van der Waals surface area contributed by atoms with Crippen molar-refractivity contribution in [2.75, 3.05) is 37.8 Å². The van der Waals surface area contributed by atoms with Crippen LogP contribution in [0.1, 0.15) is 6.42 Å². The Labute approximate surface area is 155 Å². The van der Waals surface area contributed by atoms with Crippen LogP contribution in [0.15, 0.2) is 60.7 Å². The van der Waals surface area contributed by atoms with Gasteiger partial charge in [0.25, 0.3) is 5.91 Å². The Morgan fingerprint density at radius 1 is 0.800 bits per heavy atom. The predicted molar refractivity (Wildman–Crippen MR) is 96.6 cm³/mol. The van der Waals surface area contributed by atoms with Crippen LogP contribution in [0, 0.1) is 0 Å². The van der Waals surface area contributed by atoms with Gasteiger partial charge in [-0.3, -0.25) is 9.59 Å². The molecule has 2 rings (SSSR count). The van der Waals surface area contributed by atoms with Crippen molar-refractivity contribution in [3.8, 4) is 0 Å². The molecule has 2 aromatic carbocycles. The van der Waals surface area contributed by atoms with Gasteiger partial charge in [0.1, 0.15) is 0 Å². The smallest absolute Gasteiger partial charge is 0.279 e. The molecule has 0 saturated carbocycles. The van der Waals surface area contributed by atoms with E-state index in [1.54, 1.807) is 0 Å². The number of rotatable bonds is 7. The molecule has 0 aliphatic rings. The van der Waals surface area contributed by atoms with Crippen molar-refractivity contribution in [3.05, 3.63) is 60.7 Å². The van der Waals surface area contributed by atoms with Gasteiger partial charge in [-0.15, -0.1) is 0 Å². The van der Waals surface area contributed by atoms with E-state index in [1.807, 2.05) is 74.8 Å². The van der Waals surface area contributed by atoms with E-state index in [0.717, 1.165) is 11.4 Å². The second-order valence-corrected chi connectivity index (χ2v) is 6.40. The van der Waals surface area contributed by atoms with E-state index in [-0.39, 0.29) is 24.2 Å². The monoisotopic (exact) mass is 361 g/mol. The summed E-state index contributed by atoms with van der Waals surface area (Å²) in [6.07, 6.45) is 0.362. The number of amides is 2. The van der Waals surface area contributed by atoms with Crippen molar-refractivity contribution >= 4 is 23.2 Å². The third-order valence-corrected chi connectivity index (χ3v) is 3.63. The summed E-state index contributed by atoms with van der Waals surface area (Å²) in [7, 11) is 3.89. The Morgan fingerprint density at radius 3 is 1.72 bits per heavy atom. The summed E-state index contributed by atoms with van der Waals surface area (Å²) < 4.78 is 0.445. The van der Waals surface area contributed by atoms with Gasteiger partial charge in [0, 0.05) is 11.4 Å². The molecule has 0 fully saturated rings. The van der Waals surface area contributed by atoms with Crippen LogP contribution in [0.3, 0.4) is 0 Å². The molecule has 6 heteroatoms. The molecule has 0 radical (unpaired) electrons. The van der Waals surface area contributed by atoms with E-state index in [1.165, 1.54) is 0 Å². The quantitative estimate of drug-likeness (QED) is 0.667. The number of para-hydroxylation sites is 2. The minimum atomic E-state index is -0.0605. The van der Waals surface area contributed by atoms with Gasteiger partial charge >= 0.3 is 0 Å². The first-order chi connectivity index (χ1) is 11.4. The van der Waals surface area contributed by atoms with Crippen molar-refractivity contribution in [2.45, 2.75) is 6.42 Å². The summed E-state index contributed by atoms with van der Waals surface area (Å²) >= 11 is 0. The van der Waals surface area contributed by atoms with Crippen LogP contribution >= 0.6 is 0 Å². The lowest BCUT2D eigenvalue weighted by atomic mass is 10.2. The van der Waals surface area contributed by atoms with Gasteiger partial charge in [0.05, 0.1) is 27.1 Å². The number of hydrogen-bond donors (Lipinski definition) is 2. The van der Waals surface area contributed by atoms with Gasteiger partial charge in [0.2, 0.25) is 5.91 Å². The minimum Gasteiger partial charge on any atom is -1.00 e. The van der Waals surface area contributed by atoms with Crippen molar-refractivity contribution in [3.63, 3.8) is 0 Å². The number of halogens is 1. The first kappa shape index (κ1) is 20.7. The maximum absolute atomic E-state index is 12.1. The average molecular weight is 362 g/mol. The third-order valence-electron chi connectivity index (χ3n) is 3.63. The number of nitrogens with one attached hydrogen (secondary N) is 2. The molecule has 0 atom stereocenters. The highest BCUT2D eigenvalue weighted by molar-refractivity contribution is 5.92. The Hall–Kier alpha value is -2.37. The van der Waals surface area contributed by atoms with Crippen LogP contribution in [0.2, 0.25) is 0 Å². The zero-order chi connectivity index (χ0) is 17.4. The fourth-order valence-electron chi connectivity index (χ4n) is 2.34. The number of anilines is 2. The van der Waals surface area contributed by atoms with Crippen LogP contribution in [0.25, 0.3) is 0 Å². The van der Waals surface area contributed by atoms with Crippen LogP contribution in [0.4, 0.5) is 11.4 Å². The molecule has 0 unspecified atom stereocenters. The first-order valence-corrected chi connectivity index (χ1v) is 7.96. The molecule has 2 amide bonds. The van der Waals surface area contributed by atoms with Crippen LogP contribution in [-0.2, 0) is 9.59 Å². The summed E-state index contributed by atoms with van der Waals surface area (Å²) in [5, 5.41) is 5.73. The molecule has 0 spiro atoms. The predicted octanol–water partition coefficient (Wildman–Crippen LogP) is -0.266. The minimum absolute atomic E-state index is 0. The normalized spacial score (nSPS) is 10.5. The standard InChI is InChI=1S/C19H23N3O2.ClH/c1-22(2,15-19(24)21-17-11-7-4-8-12-17)14-13-18(23)20-16-9-5-3-6-10-16;/h3-12H,13-15H2,1-2H3,(H-,20,21,23,24);1H. The topological polar surface area (TPSA) is 58.2 Å². The van der Waals surface area contributed by atoms with Crippen molar-refractivity contribution in [1.29, 1.82) is 0 Å². The number of benzene rings is 2. The van der Waals surface area contributed by atoms with Crippen molar-refractivity contribution < 1.29 is 26.5 Å². The van der Waals surface area contributed by atoms with Crippen LogP contribution < -0.4 is 23.0 Å². The second kappa shape index (κ2) is 9.81. The lowest BCUT2D eigenvalue weighted by Crippen LogP contribution is -3.00. The van der Waals surface area contributed by atoms with E-state index < -0.39 is 0 Å². The zero-order valence-corrected chi connectivity index (χ0v) is 15.3. The SMILES string of the molecule is C[N+](C)(CCC(=O)Nc1ccccc1)CC(=O)Nc1ccccc1.[Cl-]. The average Bonchev–Trinajstić information content (AvgIpc) is 2.54. The van der Waals surface area contributed by atoms with Gasteiger partial charge in [-0.2, -0.15) is 0 Å². The fourth-order valence-corrected chi connectivity index (χ4v) is 2.34. The molecule has 0 saturated heterocycles. The molecule has 134 valence electrons. The van der Waals surface area contributed by atoms with Gasteiger partial charge in [-0.25, -0.2) is 0 Å². The maximum Gasteiger partial charge on any atom is 0.279 e. The summed E-state index contributed by atoms with van der Waals surface area (Å²) in [5.41, 5.74) is 1.57. The van der Waals surface area contributed by atoms with Crippen molar-refractivity contribution in [2.24, 2.45) is 0 Å². The molecule has 2 aromatic rings. The number of likely N-dealkylation sites (N-methyl/N-ethyl adjacent to an activating group) is 1. The molecule has 25 heavy (non-hydrogen) atoms. The van der Waals surface area contributed by atoms with E-state index in [4.69, 9.17) is 0 Å². The summed E-state index contributed by atoms with van der Waals surface area (Å²) in [5.74, 6) is -0.106. The summed E-state index contributed by atoms with van der Waals surface area (Å²) in [4.78, 5) is 24.2. The largest absolute Gasteiger partial charge is 1.00 e. The summed E-state index contributed by atoms with van der Waals surface area (Å²) in [6.45, 7) is 0.897. The number of hydrogen-bond acceptors (Lipinski definition) is 2. The lowest BCUT2D eigenvalue weighted by Gasteiger charge is -2.28. The Morgan fingerprint density at radius 2 is 1.24 bits per heavy atom. The zero-order valence-electron chi connectivity index (χ0n) is 14.5.